The van der Waals surface area contributed by atoms with Gasteiger partial charge in [0.1, 0.15) is 5.60 Å². The molecule has 2 rings (SSSR count). The molecule has 1 N–H and O–H groups in total. The van der Waals surface area contributed by atoms with E-state index < -0.39 is 36.2 Å². The maximum absolute atomic E-state index is 13.4. The van der Waals surface area contributed by atoms with E-state index in [2.05, 4.69) is 10.1 Å². The van der Waals surface area contributed by atoms with Crippen molar-refractivity contribution in [3.05, 3.63) is 32.9 Å². The number of carbonyl (C=O) groups excluding carboxylic acids is 2. The molecule has 0 radical (unpaired) electrons. The van der Waals surface area contributed by atoms with Gasteiger partial charge in [-0.3, -0.25) is 10.1 Å². The molecule has 0 bridgehead atoms. The number of hydrogen-bond donors (Lipinski definition) is 1. The minimum absolute atomic E-state index is 0.241. The second-order valence-corrected chi connectivity index (χ2v) is 10.6. The van der Waals surface area contributed by atoms with Crippen LogP contribution in [0.3, 0.4) is 0 Å². The van der Waals surface area contributed by atoms with Crippen LogP contribution in [0.2, 0.25) is 0 Å². The Balaban J connectivity index is 2.83. The Kier molecular flexibility index (Phi) is 6.61. The van der Waals surface area contributed by atoms with Crippen molar-refractivity contribution in [1.82, 2.24) is 5.32 Å². The third kappa shape index (κ3) is 4.10. The van der Waals surface area contributed by atoms with Crippen LogP contribution in [-0.2, 0) is 28.7 Å². The SMILES string of the molecule is COP(=O)(OC)C(=[N+]=[N-])[C@@]1(NC(=O)OC(C)(C)C)C(=O)N(C)c2ccc(I)cc21. The molecule has 1 aromatic carbocycles. The molecule has 1 aromatic rings. The average molecular weight is 536 g/mol. The number of fused-ring (bicyclic) bond motifs is 1. The Morgan fingerprint density at radius 3 is 2.38 bits per heavy atom. The van der Waals surface area contributed by atoms with Crippen LogP contribution in [0.15, 0.2) is 18.2 Å². The van der Waals surface area contributed by atoms with Gasteiger partial charge in [0, 0.05) is 30.4 Å². The summed E-state index contributed by atoms with van der Waals surface area (Å²) in [6.45, 7) is 4.94. The quantitative estimate of drug-likeness (QED) is 0.202. The molecule has 0 unspecified atom stereocenters. The van der Waals surface area contributed by atoms with Gasteiger partial charge in [0.15, 0.2) is 0 Å². The maximum Gasteiger partial charge on any atom is 0.440 e. The van der Waals surface area contributed by atoms with E-state index >= 15 is 0 Å². The number of amides is 2. The van der Waals surface area contributed by atoms with Crippen molar-refractivity contribution in [2.75, 3.05) is 26.2 Å². The van der Waals surface area contributed by atoms with Crippen LogP contribution in [0, 0.1) is 3.57 Å². The predicted molar refractivity (Wildman–Crippen MR) is 114 cm³/mol. The lowest BCUT2D eigenvalue weighted by Gasteiger charge is -2.28. The fraction of sp³-hybridized carbons (Fsp3) is 0.471. The van der Waals surface area contributed by atoms with Crippen LogP contribution in [-0.4, -0.2) is 49.1 Å². The number of benzene rings is 1. The lowest BCUT2D eigenvalue weighted by molar-refractivity contribution is -0.123. The number of nitrogens with one attached hydrogen (secondary N) is 1. The van der Waals surface area contributed by atoms with Crippen LogP contribution < -0.4 is 10.2 Å². The fourth-order valence-corrected chi connectivity index (χ4v) is 4.79. The van der Waals surface area contributed by atoms with E-state index in [0.29, 0.717) is 5.69 Å². The Hall–Kier alpha value is -1.78. The summed E-state index contributed by atoms with van der Waals surface area (Å²) in [6, 6.07) is 5.03. The van der Waals surface area contributed by atoms with Gasteiger partial charge in [0.05, 0.1) is 5.69 Å². The van der Waals surface area contributed by atoms with Crippen molar-refractivity contribution in [1.29, 1.82) is 0 Å². The van der Waals surface area contributed by atoms with Crippen molar-refractivity contribution in [2.24, 2.45) is 0 Å². The minimum atomic E-state index is -4.27. The number of alkyl carbamates (subject to hydrolysis) is 1. The van der Waals surface area contributed by atoms with E-state index in [9.17, 15) is 19.7 Å². The smallest absolute Gasteiger partial charge is 0.440 e. The zero-order valence-corrected chi connectivity index (χ0v) is 19.9. The molecule has 2 amide bonds. The topological polar surface area (TPSA) is 131 Å². The van der Waals surface area contributed by atoms with E-state index in [0.717, 1.165) is 17.8 Å². The van der Waals surface area contributed by atoms with Crippen LogP contribution in [0.1, 0.15) is 26.3 Å². The van der Waals surface area contributed by atoms with E-state index in [1.165, 1.54) is 11.9 Å². The highest BCUT2D eigenvalue weighted by Crippen LogP contribution is 2.56. The van der Waals surface area contributed by atoms with Gasteiger partial charge in [-0.2, -0.15) is 4.79 Å². The molecule has 0 aromatic heterocycles. The fourth-order valence-electron chi connectivity index (χ4n) is 3.01. The van der Waals surface area contributed by atoms with Gasteiger partial charge in [-0.25, -0.2) is 9.36 Å². The summed E-state index contributed by atoms with van der Waals surface area (Å²) in [6.07, 6.45) is -0.981. The zero-order valence-electron chi connectivity index (χ0n) is 16.8. The monoisotopic (exact) mass is 536 g/mol. The standard InChI is InChI=1S/C17H22IN4O6P/c1-16(2,3)28-15(24)20-17(13(21-19)29(25,26-5)27-6)11-9-10(18)7-8-12(11)22(4)14(17)23/h7-9H,1-6H3,(H,20,24)/t17-/m1/s1. The number of ether oxygens (including phenoxy) is 1. The highest BCUT2D eigenvalue weighted by molar-refractivity contribution is 14.1. The van der Waals surface area contributed by atoms with Crippen molar-refractivity contribution >= 4 is 53.3 Å². The summed E-state index contributed by atoms with van der Waals surface area (Å²) in [5, 5.41) is 2.46. The van der Waals surface area contributed by atoms with E-state index in [1.54, 1.807) is 39.0 Å². The summed E-state index contributed by atoms with van der Waals surface area (Å²) >= 11 is 2.03. The van der Waals surface area contributed by atoms with Crippen LogP contribution in [0.5, 0.6) is 0 Å². The van der Waals surface area contributed by atoms with Gasteiger partial charge < -0.3 is 24.2 Å². The van der Waals surface area contributed by atoms with Gasteiger partial charge in [0.2, 0.25) is 0 Å². The molecule has 158 valence electrons. The summed E-state index contributed by atoms with van der Waals surface area (Å²) in [7, 11) is -0.632. The molecule has 29 heavy (non-hydrogen) atoms. The Labute approximate surface area is 182 Å². The number of anilines is 1. The normalized spacial score (nSPS) is 18.9. The van der Waals surface area contributed by atoms with Gasteiger partial charge in [-0.1, -0.05) is 0 Å². The number of rotatable bonds is 5. The third-order valence-electron chi connectivity index (χ3n) is 4.21. The first-order valence-corrected chi connectivity index (χ1v) is 11.0. The number of hydrogen-bond acceptors (Lipinski definition) is 6. The predicted octanol–water partition coefficient (Wildman–Crippen LogP) is 3.10. The molecular formula is C17H22IN4O6P. The summed E-state index contributed by atoms with van der Waals surface area (Å²) < 4.78 is 29.1. The highest BCUT2D eigenvalue weighted by Gasteiger charge is 2.67. The van der Waals surface area contributed by atoms with Crippen molar-refractivity contribution in [3.8, 4) is 0 Å². The number of nitrogens with zero attached hydrogens (tertiary/aromatic N) is 3. The van der Waals surface area contributed by atoms with Gasteiger partial charge >= 0.3 is 19.1 Å². The number of halogens is 1. The largest absolute Gasteiger partial charge is 0.444 e. The zero-order chi connectivity index (χ0) is 22.2. The Morgan fingerprint density at radius 2 is 1.90 bits per heavy atom. The van der Waals surface area contributed by atoms with Gasteiger partial charge in [-0.15, -0.1) is 0 Å². The van der Waals surface area contributed by atoms with Crippen LogP contribution in [0.25, 0.3) is 5.53 Å². The van der Waals surface area contributed by atoms with Crippen LogP contribution >= 0.6 is 30.2 Å². The first-order chi connectivity index (χ1) is 13.4. The lowest BCUT2D eigenvalue weighted by Crippen LogP contribution is -2.58. The van der Waals surface area contributed by atoms with E-state index in [-0.39, 0.29) is 5.56 Å². The highest BCUT2D eigenvalue weighted by atomic mass is 127. The van der Waals surface area contributed by atoms with Crippen LogP contribution in [0.4, 0.5) is 10.5 Å². The number of likely N-dealkylation sites (N-methyl/N-ethyl adjacent to an activating group) is 1. The molecule has 0 saturated heterocycles. The number of carbonyl (C=O) groups is 2. The maximum atomic E-state index is 13.4. The molecule has 10 nitrogen and oxygen atoms in total. The van der Waals surface area contributed by atoms with Gasteiger partial charge in [0.25, 0.3) is 11.4 Å². The molecule has 1 aliphatic rings. The Morgan fingerprint density at radius 1 is 1.31 bits per heavy atom. The minimum Gasteiger partial charge on any atom is -0.444 e. The summed E-state index contributed by atoms with van der Waals surface area (Å²) in [4.78, 5) is 30.4. The summed E-state index contributed by atoms with van der Waals surface area (Å²) in [5.74, 6) is -0.720. The van der Waals surface area contributed by atoms with Crippen molar-refractivity contribution < 1.29 is 32.7 Å². The molecular weight excluding hydrogens is 514 g/mol. The molecule has 1 aliphatic heterocycles. The molecule has 0 fully saturated rings. The van der Waals surface area contributed by atoms with Crippen molar-refractivity contribution in [2.45, 2.75) is 31.9 Å². The second-order valence-electron chi connectivity index (χ2n) is 7.19. The molecule has 0 saturated carbocycles. The first-order valence-electron chi connectivity index (χ1n) is 8.40. The molecule has 0 spiro atoms. The summed E-state index contributed by atoms with van der Waals surface area (Å²) in [5.41, 5.74) is 6.72. The Bertz CT molecular complexity index is 948. The van der Waals surface area contributed by atoms with Gasteiger partial charge in [-0.05, 0) is 61.6 Å². The molecule has 1 atom stereocenters. The average Bonchev–Trinajstić information content (AvgIpc) is 2.82. The van der Waals surface area contributed by atoms with E-state index in [4.69, 9.17) is 13.8 Å². The van der Waals surface area contributed by atoms with E-state index in [1.807, 2.05) is 22.6 Å². The molecule has 0 aliphatic carbocycles. The first kappa shape index (κ1) is 23.5. The second kappa shape index (κ2) is 8.16. The third-order valence-corrected chi connectivity index (χ3v) is 6.78. The molecule has 12 heteroatoms. The van der Waals surface area contributed by atoms with Crippen molar-refractivity contribution in [3.63, 3.8) is 0 Å². The molecule has 1 heterocycles. The lowest BCUT2D eigenvalue weighted by atomic mass is 9.92.